The minimum absolute atomic E-state index is 0.420. The van der Waals surface area contributed by atoms with Gasteiger partial charge in [0.05, 0.1) is 16.9 Å². The first-order valence-electron chi connectivity index (χ1n) is 10.4. The molecule has 1 aliphatic rings. The van der Waals surface area contributed by atoms with Crippen molar-refractivity contribution in [1.29, 1.82) is 0 Å². The fourth-order valence-electron chi connectivity index (χ4n) is 3.58. The normalized spacial score (nSPS) is 14.7. The molecule has 0 amide bonds. The van der Waals surface area contributed by atoms with Crippen LogP contribution >= 0.6 is 23.4 Å². The summed E-state index contributed by atoms with van der Waals surface area (Å²) in [5, 5.41) is 17.9. The van der Waals surface area contributed by atoms with Crippen LogP contribution in [0.4, 0.5) is 5.69 Å². The summed E-state index contributed by atoms with van der Waals surface area (Å²) in [6.07, 6.45) is 0.426. The van der Waals surface area contributed by atoms with Crippen LogP contribution in [0, 0.1) is 6.92 Å². The molecular weight excluding hydrogens is 444 g/mol. The van der Waals surface area contributed by atoms with E-state index in [1.165, 1.54) is 0 Å². The van der Waals surface area contributed by atoms with Crippen molar-refractivity contribution < 1.29 is 4.74 Å². The van der Waals surface area contributed by atoms with Crippen LogP contribution < -0.4 is 10.1 Å². The van der Waals surface area contributed by atoms with Gasteiger partial charge in [-0.1, -0.05) is 66.7 Å². The summed E-state index contributed by atoms with van der Waals surface area (Å²) in [4.78, 5) is 4.67. The summed E-state index contributed by atoms with van der Waals surface area (Å²) in [5.74, 6) is 1.33. The zero-order chi connectivity index (χ0) is 22.1. The molecule has 162 valence electrons. The van der Waals surface area contributed by atoms with Gasteiger partial charge in [0, 0.05) is 17.0 Å². The van der Waals surface area contributed by atoms with Gasteiger partial charge in [0.15, 0.2) is 5.69 Å². The van der Waals surface area contributed by atoms with Gasteiger partial charge in [0.25, 0.3) is 0 Å². The van der Waals surface area contributed by atoms with E-state index in [0.29, 0.717) is 21.9 Å². The summed E-state index contributed by atoms with van der Waals surface area (Å²) >= 11 is 8.39. The van der Waals surface area contributed by atoms with Crippen LogP contribution in [0.5, 0.6) is 5.88 Å². The molecule has 0 bridgehead atoms. The maximum absolute atomic E-state index is 6.83. The number of fused-ring (bicyclic) bond motifs is 3. The lowest BCUT2D eigenvalue weighted by molar-refractivity contribution is 0.224. The third-order valence-electron chi connectivity index (χ3n) is 5.08. The summed E-state index contributed by atoms with van der Waals surface area (Å²) < 4.78 is 8.10. The van der Waals surface area contributed by atoms with Crippen molar-refractivity contribution in [2.45, 2.75) is 31.7 Å². The zero-order valence-corrected chi connectivity index (χ0v) is 19.2. The number of benzene rings is 2. The van der Waals surface area contributed by atoms with Gasteiger partial charge in [-0.05, 0) is 31.5 Å². The Bertz CT molecular complexity index is 1260. The van der Waals surface area contributed by atoms with Crippen LogP contribution in [-0.4, -0.2) is 30.7 Å². The van der Waals surface area contributed by atoms with Crippen LogP contribution in [0.1, 0.15) is 30.8 Å². The second-order valence-corrected chi connectivity index (χ2v) is 8.74. The minimum Gasteiger partial charge on any atom is -0.447 e. The Balaban J connectivity index is 1.61. The van der Waals surface area contributed by atoms with Gasteiger partial charge >= 0.3 is 0 Å². The molecule has 1 atom stereocenters. The quantitative estimate of drug-likeness (QED) is 0.380. The fourth-order valence-corrected chi connectivity index (χ4v) is 4.59. The molecule has 3 heterocycles. The molecule has 0 saturated heterocycles. The summed E-state index contributed by atoms with van der Waals surface area (Å²) in [6, 6.07) is 17.7. The third kappa shape index (κ3) is 3.80. The lowest BCUT2D eigenvalue weighted by atomic mass is 10.1. The van der Waals surface area contributed by atoms with Crippen LogP contribution in [-0.2, 0) is 0 Å². The number of thioether (sulfide) groups is 1. The van der Waals surface area contributed by atoms with E-state index < -0.39 is 6.23 Å². The van der Waals surface area contributed by atoms with Crippen molar-refractivity contribution >= 4 is 29.1 Å². The first-order valence-corrected chi connectivity index (χ1v) is 11.7. The number of aromatic nitrogens is 5. The molecule has 1 N–H and O–H groups in total. The Labute approximate surface area is 195 Å². The first kappa shape index (κ1) is 20.8. The molecule has 5 rings (SSSR count). The molecule has 32 heavy (non-hydrogen) atoms. The van der Waals surface area contributed by atoms with E-state index >= 15 is 0 Å². The number of para-hydroxylation sites is 2. The summed E-state index contributed by atoms with van der Waals surface area (Å²) in [5.41, 5.74) is 4.73. The molecule has 1 aliphatic heterocycles. The zero-order valence-electron chi connectivity index (χ0n) is 17.6. The molecule has 1 unspecified atom stereocenters. The molecule has 0 aliphatic carbocycles. The maximum Gasteiger partial charge on any atom is 0.247 e. The van der Waals surface area contributed by atoms with Crippen molar-refractivity contribution in [3.05, 3.63) is 71.0 Å². The first-order chi connectivity index (χ1) is 15.7. The second-order valence-electron chi connectivity index (χ2n) is 7.32. The van der Waals surface area contributed by atoms with Gasteiger partial charge in [-0.2, -0.15) is 10.1 Å². The van der Waals surface area contributed by atoms with Crippen LogP contribution in [0.15, 0.2) is 59.8 Å². The maximum atomic E-state index is 6.83. The number of ether oxygens (including phenoxy) is 1. The Morgan fingerprint density at radius 1 is 1.09 bits per heavy atom. The molecule has 7 nitrogen and oxygen atoms in total. The lowest BCUT2D eigenvalue weighted by Crippen LogP contribution is -2.18. The monoisotopic (exact) mass is 464 g/mol. The van der Waals surface area contributed by atoms with Crippen molar-refractivity contribution in [1.82, 2.24) is 25.0 Å². The van der Waals surface area contributed by atoms with E-state index in [0.717, 1.165) is 40.4 Å². The standard InChI is InChI=1S/C23H21ClN6OS/c1-3-13-32-23-26-22-19(27-28-23)16-11-7-8-12-17(16)25-21(31-22)18-14(2)29-30(20(18)24)15-9-5-4-6-10-15/h4-12,21,25H,3,13H2,1-2H3. The van der Waals surface area contributed by atoms with E-state index in [-0.39, 0.29) is 0 Å². The van der Waals surface area contributed by atoms with E-state index in [9.17, 15) is 0 Å². The van der Waals surface area contributed by atoms with Crippen molar-refractivity contribution in [3.63, 3.8) is 0 Å². The Morgan fingerprint density at radius 3 is 2.69 bits per heavy atom. The number of anilines is 1. The highest BCUT2D eigenvalue weighted by molar-refractivity contribution is 7.99. The number of nitrogens with zero attached hydrogens (tertiary/aromatic N) is 5. The summed E-state index contributed by atoms with van der Waals surface area (Å²) in [7, 11) is 0. The highest BCUT2D eigenvalue weighted by Crippen LogP contribution is 2.41. The SMILES string of the molecule is CCCSc1nnc2c(n1)OC(c1c(C)nn(-c3ccccc3)c1Cl)Nc1ccccc1-2. The van der Waals surface area contributed by atoms with Gasteiger partial charge in [-0.3, -0.25) is 0 Å². The average molecular weight is 465 g/mol. The highest BCUT2D eigenvalue weighted by Gasteiger charge is 2.30. The molecule has 9 heteroatoms. The molecule has 0 radical (unpaired) electrons. The Hall–Kier alpha value is -3.10. The van der Waals surface area contributed by atoms with Gasteiger partial charge in [-0.25, -0.2) is 4.68 Å². The smallest absolute Gasteiger partial charge is 0.247 e. The van der Waals surface area contributed by atoms with E-state index in [1.54, 1.807) is 16.4 Å². The molecule has 2 aromatic carbocycles. The van der Waals surface area contributed by atoms with Crippen molar-refractivity contribution in [3.8, 4) is 22.8 Å². The Morgan fingerprint density at radius 2 is 1.88 bits per heavy atom. The average Bonchev–Trinajstić information content (AvgIpc) is 3.02. The van der Waals surface area contributed by atoms with Gasteiger partial charge in [0.2, 0.25) is 17.3 Å². The molecule has 4 aromatic rings. The molecule has 0 fully saturated rings. The van der Waals surface area contributed by atoms with Crippen molar-refractivity contribution in [2.24, 2.45) is 0 Å². The molecule has 0 saturated carbocycles. The molecule has 0 spiro atoms. The highest BCUT2D eigenvalue weighted by atomic mass is 35.5. The topological polar surface area (TPSA) is 77.8 Å². The summed E-state index contributed by atoms with van der Waals surface area (Å²) in [6.45, 7) is 4.04. The van der Waals surface area contributed by atoms with Gasteiger partial charge in [-0.15, -0.1) is 10.2 Å². The van der Waals surface area contributed by atoms with E-state index in [2.05, 4.69) is 32.5 Å². The van der Waals surface area contributed by atoms with Gasteiger partial charge in [0.1, 0.15) is 5.15 Å². The third-order valence-corrected chi connectivity index (χ3v) is 6.49. The predicted octanol–water partition coefficient (Wildman–Crippen LogP) is 5.69. The van der Waals surface area contributed by atoms with Crippen LogP contribution in [0.25, 0.3) is 16.9 Å². The molecular formula is C23H21ClN6OS. The lowest BCUT2D eigenvalue weighted by Gasteiger charge is -2.19. The fraction of sp³-hybridized carbons (Fsp3) is 0.217. The number of rotatable bonds is 5. The predicted molar refractivity (Wildman–Crippen MR) is 127 cm³/mol. The number of hydrogen-bond acceptors (Lipinski definition) is 7. The largest absolute Gasteiger partial charge is 0.447 e. The van der Waals surface area contributed by atoms with Crippen molar-refractivity contribution in [2.75, 3.05) is 11.1 Å². The second kappa shape index (κ2) is 8.80. The van der Waals surface area contributed by atoms with Gasteiger partial charge < -0.3 is 10.1 Å². The van der Waals surface area contributed by atoms with E-state index in [1.807, 2.05) is 61.5 Å². The Kier molecular flexibility index (Phi) is 5.71. The number of halogens is 1. The molecule has 2 aromatic heterocycles. The van der Waals surface area contributed by atoms with E-state index in [4.69, 9.17) is 16.3 Å². The number of hydrogen-bond donors (Lipinski definition) is 1. The number of aryl methyl sites for hydroxylation is 1. The van der Waals surface area contributed by atoms with Crippen LogP contribution in [0.3, 0.4) is 0 Å². The van der Waals surface area contributed by atoms with Crippen LogP contribution in [0.2, 0.25) is 5.15 Å². The minimum atomic E-state index is -0.594. The number of nitrogens with one attached hydrogen (secondary N) is 1.